The first-order valence-electron chi connectivity index (χ1n) is 6.22. The molecule has 1 aliphatic carbocycles. The molecule has 104 valence electrons. The van der Waals surface area contributed by atoms with Gasteiger partial charge in [0.05, 0.1) is 6.42 Å². The third-order valence-electron chi connectivity index (χ3n) is 3.53. The summed E-state index contributed by atoms with van der Waals surface area (Å²) < 4.78 is 26.4. The molecular formula is C13H16F2N2O2. The quantitative estimate of drug-likeness (QED) is 0.917. The van der Waals surface area contributed by atoms with Gasteiger partial charge < -0.3 is 5.11 Å². The monoisotopic (exact) mass is 270 g/mol. The Kier molecular flexibility index (Phi) is 3.52. The molecule has 0 bridgehead atoms. The van der Waals surface area contributed by atoms with E-state index < -0.39 is 11.9 Å². The molecule has 0 saturated heterocycles. The van der Waals surface area contributed by atoms with Gasteiger partial charge in [0.1, 0.15) is 5.82 Å². The van der Waals surface area contributed by atoms with Gasteiger partial charge in [-0.25, -0.2) is 18.7 Å². The van der Waals surface area contributed by atoms with Crippen molar-refractivity contribution in [2.24, 2.45) is 0 Å². The van der Waals surface area contributed by atoms with Gasteiger partial charge in [-0.15, -0.1) is 0 Å². The summed E-state index contributed by atoms with van der Waals surface area (Å²) >= 11 is 0. The molecule has 0 amide bonds. The number of carbonyl (C=O) groups is 1. The molecular weight excluding hydrogens is 254 g/mol. The van der Waals surface area contributed by atoms with E-state index in [1.165, 1.54) is 0 Å². The van der Waals surface area contributed by atoms with E-state index in [9.17, 15) is 13.6 Å². The minimum Gasteiger partial charge on any atom is -0.481 e. The van der Waals surface area contributed by atoms with Crippen molar-refractivity contribution in [3.63, 3.8) is 0 Å². The van der Waals surface area contributed by atoms with Crippen LogP contribution in [0.25, 0.3) is 0 Å². The largest absolute Gasteiger partial charge is 0.481 e. The first-order valence-corrected chi connectivity index (χ1v) is 6.22. The van der Waals surface area contributed by atoms with E-state index in [0.29, 0.717) is 29.2 Å². The summed E-state index contributed by atoms with van der Waals surface area (Å²) in [6.07, 6.45) is -0.108. The highest BCUT2D eigenvalue weighted by Gasteiger charge is 2.41. The summed E-state index contributed by atoms with van der Waals surface area (Å²) in [5, 5.41) is 8.81. The molecule has 0 aliphatic heterocycles. The predicted octanol–water partition coefficient (Wildman–Crippen LogP) is 2.62. The van der Waals surface area contributed by atoms with Crippen molar-refractivity contribution in [3.8, 4) is 0 Å². The number of aryl methyl sites for hydroxylation is 2. The summed E-state index contributed by atoms with van der Waals surface area (Å²) in [6.45, 7) is 3.40. The minimum atomic E-state index is -2.63. The van der Waals surface area contributed by atoms with Crippen molar-refractivity contribution < 1.29 is 18.7 Å². The highest BCUT2D eigenvalue weighted by Crippen LogP contribution is 2.43. The number of nitrogens with zero attached hydrogens (tertiary/aromatic N) is 2. The Hall–Kier alpha value is -1.59. The van der Waals surface area contributed by atoms with Crippen LogP contribution in [0, 0.1) is 13.8 Å². The van der Waals surface area contributed by atoms with Crippen molar-refractivity contribution >= 4 is 5.97 Å². The number of aliphatic carboxylic acids is 1. The number of rotatable bonds is 3. The fourth-order valence-corrected chi connectivity index (χ4v) is 2.53. The standard InChI is InChI=1S/C13H16F2N2O2/c1-7-10(5-11(18)19)8(2)17-12(16-7)9-3-4-13(14,15)6-9/h9H,3-6H2,1-2H3,(H,18,19). The van der Waals surface area contributed by atoms with Gasteiger partial charge in [-0.05, 0) is 20.3 Å². The van der Waals surface area contributed by atoms with E-state index >= 15 is 0 Å². The zero-order valence-electron chi connectivity index (χ0n) is 10.9. The molecule has 1 aromatic heterocycles. The molecule has 4 nitrogen and oxygen atoms in total. The Morgan fingerprint density at radius 2 is 1.95 bits per heavy atom. The molecule has 6 heteroatoms. The average Bonchev–Trinajstić information content (AvgIpc) is 2.63. The van der Waals surface area contributed by atoms with Crippen molar-refractivity contribution in [2.45, 2.75) is 51.4 Å². The fourth-order valence-electron chi connectivity index (χ4n) is 2.53. The van der Waals surface area contributed by atoms with Gasteiger partial charge in [-0.1, -0.05) is 0 Å². The maximum atomic E-state index is 13.2. The minimum absolute atomic E-state index is 0.129. The Balaban J connectivity index is 2.28. The Morgan fingerprint density at radius 3 is 2.37 bits per heavy atom. The van der Waals surface area contributed by atoms with E-state index in [-0.39, 0.29) is 25.2 Å². The van der Waals surface area contributed by atoms with Gasteiger partial charge in [0.15, 0.2) is 0 Å². The second-order valence-corrected chi connectivity index (χ2v) is 5.10. The average molecular weight is 270 g/mol. The molecule has 19 heavy (non-hydrogen) atoms. The van der Waals surface area contributed by atoms with Gasteiger partial charge in [0.25, 0.3) is 0 Å². The van der Waals surface area contributed by atoms with Crippen LogP contribution in [0.4, 0.5) is 8.78 Å². The van der Waals surface area contributed by atoms with E-state index in [2.05, 4.69) is 9.97 Å². The topological polar surface area (TPSA) is 63.1 Å². The molecule has 0 aromatic carbocycles. The summed E-state index contributed by atoms with van der Waals surface area (Å²) in [6, 6.07) is 0. The zero-order valence-corrected chi connectivity index (χ0v) is 10.9. The lowest BCUT2D eigenvalue weighted by atomic mass is 10.0. The molecule has 1 atom stereocenters. The summed E-state index contributed by atoms with van der Waals surface area (Å²) in [5.41, 5.74) is 1.71. The van der Waals surface area contributed by atoms with Crippen LogP contribution in [0.1, 0.15) is 48.0 Å². The number of aromatic nitrogens is 2. The van der Waals surface area contributed by atoms with Crippen LogP contribution in [0.3, 0.4) is 0 Å². The lowest BCUT2D eigenvalue weighted by Gasteiger charge is -2.13. The van der Waals surface area contributed by atoms with Crippen molar-refractivity contribution in [1.29, 1.82) is 0 Å². The Labute approximate surface area is 109 Å². The van der Waals surface area contributed by atoms with Crippen LogP contribution in [-0.4, -0.2) is 27.0 Å². The maximum absolute atomic E-state index is 13.2. The van der Waals surface area contributed by atoms with Crippen molar-refractivity contribution in [3.05, 3.63) is 22.8 Å². The van der Waals surface area contributed by atoms with Gasteiger partial charge in [0.2, 0.25) is 5.92 Å². The van der Waals surface area contributed by atoms with Crippen molar-refractivity contribution in [1.82, 2.24) is 9.97 Å². The second kappa shape index (κ2) is 4.83. The Morgan fingerprint density at radius 1 is 1.37 bits per heavy atom. The molecule has 1 fully saturated rings. The van der Waals surface area contributed by atoms with Gasteiger partial charge in [-0.3, -0.25) is 4.79 Å². The summed E-state index contributed by atoms with van der Waals surface area (Å²) in [4.78, 5) is 19.2. The van der Waals surface area contributed by atoms with E-state index in [4.69, 9.17) is 5.11 Å². The molecule has 1 aliphatic rings. The number of hydrogen-bond donors (Lipinski definition) is 1. The van der Waals surface area contributed by atoms with E-state index in [1.807, 2.05) is 0 Å². The molecule has 0 radical (unpaired) electrons. The SMILES string of the molecule is Cc1nc(C2CCC(F)(F)C2)nc(C)c1CC(=O)O. The normalized spacial score (nSPS) is 21.6. The highest BCUT2D eigenvalue weighted by atomic mass is 19.3. The molecule has 2 rings (SSSR count). The number of carboxylic acids is 1. The molecule has 1 aromatic rings. The lowest BCUT2D eigenvalue weighted by molar-refractivity contribution is -0.136. The van der Waals surface area contributed by atoms with Crippen LogP contribution in [0.5, 0.6) is 0 Å². The van der Waals surface area contributed by atoms with E-state index in [0.717, 1.165) is 0 Å². The third kappa shape index (κ3) is 3.05. The Bertz CT molecular complexity index is 494. The summed E-state index contributed by atoms with van der Waals surface area (Å²) in [5.74, 6) is -3.49. The fraction of sp³-hybridized carbons (Fsp3) is 0.615. The smallest absolute Gasteiger partial charge is 0.307 e. The summed E-state index contributed by atoms with van der Waals surface area (Å²) in [7, 11) is 0. The van der Waals surface area contributed by atoms with Crippen LogP contribution in [-0.2, 0) is 11.2 Å². The molecule has 0 spiro atoms. The molecule has 1 saturated carbocycles. The first-order chi connectivity index (χ1) is 8.78. The van der Waals surface area contributed by atoms with Crippen molar-refractivity contribution in [2.75, 3.05) is 0 Å². The number of carboxylic acid groups (broad SMARTS) is 1. The first kappa shape index (κ1) is 13.8. The van der Waals surface area contributed by atoms with Gasteiger partial charge in [-0.2, -0.15) is 0 Å². The molecule has 1 N–H and O–H groups in total. The molecule has 1 unspecified atom stereocenters. The zero-order chi connectivity index (χ0) is 14.2. The van der Waals surface area contributed by atoms with Crippen LogP contribution < -0.4 is 0 Å². The highest BCUT2D eigenvalue weighted by molar-refractivity contribution is 5.70. The molecule has 1 heterocycles. The predicted molar refractivity (Wildman–Crippen MR) is 64.4 cm³/mol. The number of halogens is 2. The number of alkyl halides is 2. The third-order valence-corrected chi connectivity index (χ3v) is 3.53. The maximum Gasteiger partial charge on any atom is 0.307 e. The second-order valence-electron chi connectivity index (χ2n) is 5.10. The van der Waals surface area contributed by atoms with E-state index in [1.54, 1.807) is 13.8 Å². The van der Waals surface area contributed by atoms with Gasteiger partial charge in [0, 0.05) is 35.7 Å². The van der Waals surface area contributed by atoms with Gasteiger partial charge >= 0.3 is 5.97 Å². The lowest BCUT2D eigenvalue weighted by Crippen LogP contribution is -2.13. The van der Waals surface area contributed by atoms with Crippen LogP contribution >= 0.6 is 0 Å². The number of hydrogen-bond acceptors (Lipinski definition) is 3. The van der Waals surface area contributed by atoms with Crippen LogP contribution in [0.15, 0.2) is 0 Å². The van der Waals surface area contributed by atoms with Crippen LogP contribution in [0.2, 0.25) is 0 Å².